The van der Waals surface area contributed by atoms with Gasteiger partial charge in [-0.2, -0.15) is 5.10 Å². The standard InChI is InChI=1S/C11H12ClN3O2/c1-4-17-11(16)9-7(3)13-8-5-6(2)10(12)14-15(8)9/h5H,4H2,1-3H3. The zero-order valence-electron chi connectivity index (χ0n) is 9.82. The van der Waals surface area contributed by atoms with Crippen LogP contribution in [0.3, 0.4) is 0 Å². The third kappa shape index (κ3) is 1.98. The first-order valence-corrected chi connectivity index (χ1v) is 5.62. The van der Waals surface area contributed by atoms with Crippen LogP contribution in [0.1, 0.15) is 28.7 Å². The normalized spacial score (nSPS) is 10.8. The summed E-state index contributed by atoms with van der Waals surface area (Å²) < 4.78 is 6.38. The highest BCUT2D eigenvalue weighted by Gasteiger charge is 2.19. The number of imidazole rings is 1. The number of ether oxygens (including phenoxy) is 1. The molecule has 0 amide bonds. The van der Waals surface area contributed by atoms with Gasteiger partial charge in [-0.05, 0) is 32.4 Å². The molecule has 90 valence electrons. The lowest BCUT2D eigenvalue weighted by Gasteiger charge is -2.03. The van der Waals surface area contributed by atoms with Crippen LogP contribution in [-0.2, 0) is 4.74 Å². The summed E-state index contributed by atoms with van der Waals surface area (Å²) in [5, 5.41) is 4.47. The van der Waals surface area contributed by atoms with E-state index < -0.39 is 5.97 Å². The fourth-order valence-corrected chi connectivity index (χ4v) is 1.72. The molecule has 2 rings (SSSR count). The molecule has 0 unspecified atom stereocenters. The molecule has 0 fully saturated rings. The van der Waals surface area contributed by atoms with Crippen molar-refractivity contribution in [3.05, 3.63) is 28.2 Å². The Balaban J connectivity index is 2.66. The number of hydrogen-bond donors (Lipinski definition) is 0. The van der Waals surface area contributed by atoms with Crippen molar-refractivity contribution in [3.63, 3.8) is 0 Å². The van der Waals surface area contributed by atoms with Crippen molar-refractivity contribution in [1.29, 1.82) is 0 Å². The van der Waals surface area contributed by atoms with E-state index in [0.29, 0.717) is 28.8 Å². The summed E-state index contributed by atoms with van der Waals surface area (Å²) in [5.74, 6) is -0.440. The molecule has 0 atom stereocenters. The molecule has 6 heteroatoms. The third-order valence-corrected chi connectivity index (χ3v) is 2.76. The van der Waals surface area contributed by atoms with Crippen molar-refractivity contribution in [3.8, 4) is 0 Å². The molecule has 0 radical (unpaired) electrons. The second kappa shape index (κ2) is 4.33. The minimum atomic E-state index is -0.440. The maximum absolute atomic E-state index is 11.8. The maximum atomic E-state index is 11.8. The van der Waals surface area contributed by atoms with Crippen LogP contribution in [0.25, 0.3) is 5.65 Å². The van der Waals surface area contributed by atoms with Crippen LogP contribution in [0.15, 0.2) is 6.07 Å². The number of hydrogen-bond acceptors (Lipinski definition) is 4. The fourth-order valence-electron chi connectivity index (χ4n) is 1.59. The van der Waals surface area contributed by atoms with Gasteiger partial charge in [-0.1, -0.05) is 11.6 Å². The zero-order valence-corrected chi connectivity index (χ0v) is 10.6. The van der Waals surface area contributed by atoms with E-state index in [1.54, 1.807) is 19.9 Å². The van der Waals surface area contributed by atoms with Crippen molar-refractivity contribution >= 4 is 23.2 Å². The lowest BCUT2D eigenvalue weighted by atomic mass is 10.3. The minimum absolute atomic E-state index is 0.311. The van der Waals surface area contributed by atoms with Gasteiger partial charge in [0.05, 0.1) is 12.3 Å². The predicted molar refractivity (Wildman–Crippen MR) is 63.4 cm³/mol. The Labute approximate surface area is 103 Å². The van der Waals surface area contributed by atoms with Gasteiger partial charge in [-0.15, -0.1) is 0 Å². The quantitative estimate of drug-likeness (QED) is 0.770. The summed E-state index contributed by atoms with van der Waals surface area (Å²) in [6, 6.07) is 1.78. The van der Waals surface area contributed by atoms with Gasteiger partial charge in [-0.3, -0.25) is 0 Å². The summed E-state index contributed by atoms with van der Waals surface area (Å²) in [6.45, 7) is 5.64. The number of aryl methyl sites for hydroxylation is 2. The Hall–Kier alpha value is -1.62. The van der Waals surface area contributed by atoms with Crippen molar-refractivity contribution in [2.45, 2.75) is 20.8 Å². The second-order valence-corrected chi connectivity index (χ2v) is 4.01. The van der Waals surface area contributed by atoms with E-state index in [1.165, 1.54) is 4.52 Å². The number of nitrogens with zero attached hydrogens (tertiary/aromatic N) is 3. The van der Waals surface area contributed by atoms with Gasteiger partial charge in [0, 0.05) is 0 Å². The van der Waals surface area contributed by atoms with Crippen LogP contribution < -0.4 is 0 Å². The largest absolute Gasteiger partial charge is 0.461 e. The Morgan fingerprint density at radius 3 is 2.88 bits per heavy atom. The van der Waals surface area contributed by atoms with Gasteiger partial charge in [0.25, 0.3) is 0 Å². The smallest absolute Gasteiger partial charge is 0.358 e. The van der Waals surface area contributed by atoms with E-state index in [1.807, 2.05) is 6.92 Å². The molecule has 0 bridgehead atoms. The average molecular weight is 254 g/mol. The predicted octanol–water partition coefficient (Wildman–Crippen LogP) is 2.18. The molecule has 2 aromatic rings. The number of carbonyl (C=O) groups is 1. The first kappa shape index (κ1) is 11.9. The number of rotatable bonds is 2. The van der Waals surface area contributed by atoms with E-state index in [0.717, 1.165) is 5.56 Å². The molecule has 5 nitrogen and oxygen atoms in total. The highest BCUT2D eigenvalue weighted by Crippen LogP contribution is 2.17. The van der Waals surface area contributed by atoms with Crippen LogP contribution in [0, 0.1) is 13.8 Å². The first-order valence-electron chi connectivity index (χ1n) is 5.24. The number of halogens is 1. The van der Waals surface area contributed by atoms with E-state index in [4.69, 9.17) is 16.3 Å². The average Bonchev–Trinajstić information content (AvgIpc) is 2.55. The summed E-state index contributed by atoms with van der Waals surface area (Å²) >= 11 is 5.94. The van der Waals surface area contributed by atoms with Gasteiger partial charge >= 0.3 is 5.97 Å². The Morgan fingerprint density at radius 2 is 2.24 bits per heavy atom. The number of aromatic nitrogens is 3. The maximum Gasteiger partial charge on any atom is 0.358 e. The summed E-state index contributed by atoms with van der Waals surface area (Å²) in [5.41, 5.74) is 2.31. The highest BCUT2D eigenvalue weighted by molar-refractivity contribution is 6.30. The summed E-state index contributed by atoms with van der Waals surface area (Å²) in [4.78, 5) is 16.0. The number of carbonyl (C=O) groups excluding carboxylic acids is 1. The van der Waals surface area contributed by atoms with E-state index in [2.05, 4.69) is 10.1 Å². The van der Waals surface area contributed by atoms with Crippen molar-refractivity contribution < 1.29 is 9.53 Å². The van der Waals surface area contributed by atoms with Crippen LogP contribution in [-0.4, -0.2) is 27.2 Å². The Kier molecular flexibility index (Phi) is 3.02. The Bertz CT molecular complexity index is 592. The SMILES string of the molecule is CCOC(=O)c1c(C)nc2cc(C)c(Cl)nn12. The monoisotopic (exact) mass is 253 g/mol. The molecule has 2 heterocycles. The van der Waals surface area contributed by atoms with Gasteiger partial charge in [0.2, 0.25) is 0 Å². The molecule has 2 aromatic heterocycles. The van der Waals surface area contributed by atoms with Crippen molar-refractivity contribution in [2.75, 3.05) is 6.61 Å². The molecule has 0 aliphatic carbocycles. The molecule has 0 aromatic carbocycles. The molecule has 0 saturated heterocycles. The van der Waals surface area contributed by atoms with Crippen LogP contribution in [0.2, 0.25) is 5.15 Å². The molecule has 0 spiro atoms. The number of esters is 1. The van der Waals surface area contributed by atoms with E-state index >= 15 is 0 Å². The highest BCUT2D eigenvalue weighted by atomic mass is 35.5. The zero-order chi connectivity index (χ0) is 12.6. The fraction of sp³-hybridized carbons (Fsp3) is 0.364. The van der Waals surface area contributed by atoms with Crippen molar-refractivity contribution in [2.24, 2.45) is 0 Å². The van der Waals surface area contributed by atoms with Crippen LogP contribution in [0.5, 0.6) is 0 Å². The summed E-state index contributed by atoms with van der Waals surface area (Å²) in [7, 11) is 0. The van der Waals surface area contributed by atoms with Gasteiger partial charge < -0.3 is 4.74 Å². The van der Waals surface area contributed by atoms with Gasteiger partial charge in [0.15, 0.2) is 16.5 Å². The Morgan fingerprint density at radius 1 is 1.53 bits per heavy atom. The van der Waals surface area contributed by atoms with Gasteiger partial charge in [0.1, 0.15) is 0 Å². The molecule has 17 heavy (non-hydrogen) atoms. The van der Waals surface area contributed by atoms with E-state index in [9.17, 15) is 4.79 Å². The minimum Gasteiger partial charge on any atom is -0.461 e. The van der Waals surface area contributed by atoms with Gasteiger partial charge in [-0.25, -0.2) is 14.3 Å². The summed E-state index contributed by atoms with van der Waals surface area (Å²) in [6.07, 6.45) is 0. The first-order chi connectivity index (χ1) is 8.04. The van der Waals surface area contributed by atoms with Crippen molar-refractivity contribution in [1.82, 2.24) is 14.6 Å². The second-order valence-electron chi connectivity index (χ2n) is 3.65. The molecule has 0 N–H and O–H groups in total. The molecular weight excluding hydrogens is 242 g/mol. The molecule has 0 aliphatic heterocycles. The molecule has 0 saturated carbocycles. The topological polar surface area (TPSA) is 56.5 Å². The van der Waals surface area contributed by atoms with Crippen LogP contribution >= 0.6 is 11.6 Å². The molecule has 0 aliphatic rings. The molecular formula is C11H12ClN3O2. The lowest BCUT2D eigenvalue weighted by Crippen LogP contribution is -2.11. The van der Waals surface area contributed by atoms with Crippen LogP contribution in [0.4, 0.5) is 0 Å². The van der Waals surface area contributed by atoms with E-state index in [-0.39, 0.29) is 0 Å². The number of fused-ring (bicyclic) bond motifs is 1. The lowest BCUT2D eigenvalue weighted by molar-refractivity contribution is 0.0516. The third-order valence-electron chi connectivity index (χ3n) is 2.38.